The molecule has 0 aliphatic carbocycles. The molecule has 1 heterocycles. The zero-order valence-corrected chi connectivity index (χ0v) is 11.1. The first-order valence-corrected chi connectivity index (χ1v) is 6.32. The molecule has 1 rings (SSSR count). The number of hydrogen-bond donors (Lipinski definition) is 2. The Bertz CT molecular complexity index is 436. The maximum Gasteiger partial charge on any atom is 0.338 e. The molecule has 0 unspecified atom stereocenters. The molecule has 19 heavy (non-hydrogen) atoms. The van der Waals surface area contributed by atoms with Gasteiger partial charge in [-0.3, -0.25) is 0 Å². The van der Waals surface area contributed by atoms with Gasteiger partial charge in [-0.1, -0.05) is 13.8 Å². The maximum atomic E-state index is 14.2. The molecule has 0 saturated carbocycles. The molecule has 0 fully saturated rings. The molecule has 1 aromatic rings. The first-order valence-electron chi connectivity index (χ1n) is 6.32. The summed E-state index contributed by atoms with van der Waals surface area (Å²) in [6.07, 6.45) is 2.79. The molecule has 0 atom stereocenters. The van der Waals surface area contributed by atoms with E-state index in [2.05, 4.69) is 4.98 Å². The second-order valence-corrected chi connectivity index (χ2v) is 4.19. The standard InChI is InChI=1S/C13H19FN2O3/c1-3-9(4-2)16(7-8-17)12-11(14)10(13(18)19)5-6-15-12/h5-6,9,17H,3-4,7-8H2,1-2H3,(H,18,19). The van der Waals surface area contributed by atoms with Crippen LogP contribution >= 0.6 is 0 Å². The first kappa shape index (κ1) is 15.4. The van der Waals surface area contributed by atoms with E-state index in [1.54, 1.807) is 4.90 Å². The molecule has 2 N–H and O–H groups in total. The lowest BCUT2D eigenvalue weighted by Gasteiger charge is -2.31. The highest BCUT2D eigenvalue weighted by Crippen LogP contribution is 2.23. The molecule has 0 spiro atoms. The molecule has 0 aromatic carbocycles. The Hall–Kier alpha value is -1.69. The van der Waals surface area contributed by atoms with Crippen LogP contribution in [0, 0.1) is 5.82 Å². The van der Waals surface area contributed by atoms with E-state index in [0.29, 0.717) is 0 Å². The van der Waals surface area contributed by atoms with Crippen LogP contribution in [0.2, 0.25) is 0 Å². The van der Waals surface area contributed by atoms with Crippen LogP contribution in [0.5, 0.6) is 0 Å². The monoisotopic (exact) mass is 270 g/mol. The molecule has 106 valence electrons. The first-order chi connectivity index (χ1) is 9.06. The molecule has 5 nitrogen and oxygen atoms in total. The van der Waals surface area contributed by atoms with E-state index in [4.69, 9.17) is 10.2 Å². The summed E-state index contributed by atoms with van der Waals surface area (Å²) in [6.45, 7) is 3.99. The predicted molar refractivity (Wildman–Crippen MR) is 70.0 cm³/mol. The molecule has 0 radical (unpaired) electrons. The highest BCUT2D eigenvalue weighted by Gasteiger charge is 2.23. The van der Waals surface area contributed by atoms with Crippen molar-refractivity contribution < 1.29 is 19.4 Å². The Morgan fingerprint density at radius 3 is 2.58 bits per heavy atom. The van der Waals surface area contributed by atoms with E-state index in [0.717, 1.165) is 18.9 Å². The van der Waals surface area contributed by atoms with Crippen molar-refractivity contribution in [2.45, 2.75) is 32.7 Å². The minimum absolute atomic E-state index is 0.0114. The van der Waals surface area contributed by atoms with Crippen molar-refractivity contribution in [1.29, 1.82) is 0 Å². The van der Waals surface area contributed by atoms with Crippen molar-refractivity contribution >= 4 is 11.8 Å². The number of hydrogen-bond acceptors (Lipinski definition) is 4. The van der Waals surface area contributed by atoms with Crippen LogP contribution in [0.1, 0.15) is 37.0 Å². The third-order valence-corrected chi connectivity index (χ3v) is 3.10. The summed E-state index contributed by atoms with van der Waals surface area (Å²) in [7, 11) is 0. The van der Waals surface area contributed by atoms with Gasteiger partial charge in [0, 0.05) is 18.8 Å². The number of carboxylic acids is 1. The van der Waals surface area contributed by atoms with Crippen molar-refractivity contribution in [2.75, 3.05) is 18.1 Å². The Kier molecular flexibility index (Phi) is 5.69. The summed E-state index contributed by atoms with van der Waals surface area (Å²) in [5.74, 6) is -2.19. The van der Waals surface area contributed by atoms with E-state index in [1.807, 2.05) is 13.8 Å². The molecule has 0 saturated heterocycles. The van der Waals surface area contributed by atoms with Gasteiger partial charge in [0.25, 0.3) is 0 Å². The lowest BCUT2D eigenvalue weighted by molar-refractivity contribution is 0.0691. The summed E-state index contributed by atoms with van der Waals surface area (Å²) < 4.78 is 14.2. The number of anilines is 1. The summed E-state index contributed by atoms with van der Waals surface area (Å²) >= 11 is 0. The van der Waals surface area contributed by atoms with Gasteiger partial charge in [0.1, 0.15) is 5.56 Å². The quantitative estimate of drug-likeness (QED) is 0.791. The van der Waals surface area contributed by atoms with Gasteiger partial charge in [0.05, 0.1) is 6.61 Å². The summed E-state index contributed by atoms with van der Waals surface area (Å²) in [5, 5.41) is 18.0. The average Bonchev–Trinajstić information content (AvgIpc) is 2.39. The summed E-state index contributed by atoms with van der Waals surface area (Å²) in [6, 6.07) is 1.14. The van der Waals surface area contributed by atoms with Crippen molar-refractivity contribution in [2.24, 2.45) is 0 Å². The van der Waals surface area contributed by atoms with Crippen LogP contribution in [0.15, 0.2) is 12.3 Å². The van der Waals surface area contributed by atoms with Crippen molar-refractivity contribution in [3.8, 4) is 0 Å². The second-order valence-electron chi connectivity index (χ2n) is 4.19. The topological polar surface area (TPSA) is 73.7 Å². The van der Waals surface area contributed by atoms with Gasteiger partial charge < -0.3 is 15.1 Å². The van der Waals surface area contributed by atoms with Gasteiger partial charge in [-0.25, -0.2) is 14.2 Å². The Balaban J connectivity index is 3.22. The molecule has 0 bridgehead atoms. The number of pyridine rings is 1. The van der Waals surface area contributed by atoms with Crippen LogP contribution in [-0.4, -0.2) is 40.4 Å². The highest BCUT2D eigenvalue weighted by molar-refractivity contribution is 5.88. The third kappa shape index (κ3) is 3.41. The number of aliphatic hydroxyl groups is 1. The van der Waals surface area contributed by atoms with E-state index in [-0.39, 0.29) is 25.0 Å². The lowest BCUT2D eigenvalue weighted by Crippen LogP contribution is -2.38. The van der Waals surface area contributed by atoms with Gasteiger partial charge in [0.2, 0.25) is 0 Å². The minimum Gasteiger partial charge on any atom is -0.478 e. The summed E-state index contributed by atoms with van der Waals surface area (Å²) in [5.41, 5.74) is -0.404. The fraction of sp³-hybridized carbons (Fsp3) is 0.538. The number of aromatic nitrogens is 1. The average molecular weight is 270 g/mol. The number of carboxylic acid groups (broad SMARTS) is 1. The van der Waals surface area contributed by atoms with Gasteiger partial charge in [-0.2, -0.15) is 0 Å². The SMILES string of the molecule is CCC(CC)N(CCO)c1nccc(C(=O)O)c1F. The zero-order valence-electron chi connectivity index (χ0n) is 11.1. The van der Waals surface area contributed by atoms with Crippen molar-refractivity contribution in [3.05, 3.63) is 23.6 Å². The molecule has 6 heteroatoms. The summed E-state index contributed by atoms with van der Waals surface area (Å²) in [4.78, 5) is 16.5. The van der Waals surface area contributed by atoms with E-state index in [9.17, 15) is 9.18 Å². The van der Waals surface area contributed by atoms with E-state index >= 15 is 0 Å². The van der Waals surface area contributed by atoms with Crippen LogP contribution in [0.25, 0.3) is 0 Å². The lowest BCUT2D eigenvalue weighted by atomic mass is 10.1. The van der Waals surface area contributed by atoms with Crippen molar-refractivity contribution in [3.63, 3.8) is 0 Å². The number of rotatable bonds is 7. The molecule has 1 aromatic heterocycles. The van der Waals surface area contributed by atoms with E-state index < -0.39 is 17.3 Å². The third-order valence-electron chi connectivity index (χ3n) is 3.10. The van der Waals surface area contributed by atoms with Crippen LogP contribution in [0.3, 0.4) is 0 Å². The number of nitrogens with zero attached hydrogens (tertiary/aromatic N) is 2. The van der Waals surface area contributed by atoms with Gasteiger partial charge in [0.15, 0.2) is 11.6 Å². The van der Waals surface area contributed by atoms with Crippen LogP contribution in [-0.2, 0) is 0 Å². The van der Waals surface area contributed by atoms with E-state index in [1.165, 1.54) is 6.20 Å². The largest absolute Gasteiger partial charge is 0.478 e. The molecule has 0 amide bonds. The fourth-order valence-corrected chi connectivity index (χ4v) is 2.10. The number of halogens is 1. The smallest absolute Gasteiger partial charge is 0.338 e. The number of aromatic carboxylic acids is 1. The zero-order chi connectivity index (χ0) is 14.4. The second kappa shape index (κ2) is 7.04. The number of carbonyl (C=O) groups is 1. The van der Waals surface area contributed by atoms with Crippen LogP contribution < -0.4 is 4.90 Å². The van der Waals surface area contributed by atoms with Crippen LogP contribution in [0.4, 0.5) is 10.2 Å². The van der Waals surface area contributed by atoms with Crippen molar-refractivity contribution in [1.82, 2.24) is 4.98 Å². The molecule has 0 aliphatic rings. The van der Waals surface area contributed by atoms with Gasteiger partial charge in [-0.05, 0) is 18.9 Å². The molecule has 0 aliphatic heterocycles. The Morgan fingerprint density at radius 1 is 1.47 bits per heavy atom. The predicted octanol–water partition coefficient (Wildman–Crippen LogP) is 1.91. The normalized spacial score (nSPS) is 10.8. The fourth-order valence-electron chi connectivity index (χ4n) is 2.10. The maximum absolute atomic E-state index is 14.2. The van der Waals surface area contributed by atoms with Gasteiger partial charge in [-0.15, -0.1) is 0 Å². The Morgan fingerprint density at radius 2 is 2.11 bits per heavy atom. The minimum atomic E-state index is -1.32. The molecular weight excluding hydrogens is 251 g/mol. The number of aliphatic hydroxyl groups excluding tert-OH is 1. The highest BCUT2D eigenvalue weighted by atomic mass is 19.1. The Labute approximate surface area is 111 Å². The van der Waals surface area contributed by atoms with Gasteiger partial charge >= 0.3 is 5.97 Å². The molecular formula is C13H19FN2O3.